The molecule has 0 aliphatic rings. The molecule has 23 heavy (non-hydrogen) atoms. The lowest BCUT2D eigenvalue weighted by Gasteiger charge is -2.08. The van der Waals surface area contributed by atoms with Crippen molar-refractivity contribution in [1.29, 1.82) is 0 Å². The van der Waals surface area contributed by atoms with Gasteiger partial charge in [-0.15, -0.1) is 0 Å². The van der Waals surface area contributed by atoms with Crippen LogP contribution < -0.4 is 5.32 Å². The molecule has 0 fully saturated rings. The molecular weight excluding hydrogens is 417 g/mol. The third kappa shape index (κ3) is 5.40. The summed E-state index contributed by atoms with van der Waals surface area (Å²) >= 11 is 10.3. The van der Waals surface area contributed by atoms with Crippen molar-refractivity contribution in [3.8, 4) is 0 Å². The molecule has 0 saturated heterocycles. The fraction of sp³-hybridized carbons (Fsp3) is 0.143. The Hall–Kier alpha value is -1.25. The molecule has 122 valence electrons. The molecule has 1 N–H and O–H groups in total. The second kappa shape index (κ2) is 7.55. The first-order chi connectivity index (χ1) is 10.8. The van der Waals surface area contributed by atoms with E-state index in [1.807, 2.05) is 0 Å². The highest BCUT2D eigenvalue weighted by Crippen LogP contribution is 2.30. The maximum atomic E-state index is 12.4. The zero-order valence-electron chi connectivity index (χ0n) is 11.3. The summed E-state index contributed by atoms with van der Waals surface area (Å²) in [5, 5.41) is 3.33. The normalized spacial score (nSPS) is 11.3. The number of anilines is 1. The average molecular weight is 426 g/mol. The monoisotopic (exact) mass is 424 g/mol. The molecule has 0 unspecified atom stereocenters. The number of halogens is 5. The molecule has 0 aliphatic heterocycles. The number of rotatable bonds is 4. The van der Waals surface area contributed by atoms with Crippen LogP contribution in [0.4, 0.5) is 18.9 Å². The van der Waals surface area contributed by atoms with Crippen molar-refractivity contribution in [1.82, 2.24) is 4.98 Å². The molecule has 9 heteroatoms. The second-order valence-electron chi connectivity index (χ2n) is 4.34. The fourth-order valence-corrected chi connectivity index (χ4v) is 2.91. The van der Waals surface area contributed by atoms with Crippen molar-refractivity contribution in [2.24, 2.45) is 0 Å². The summed E-state index contributed by atoms with van der Waals surface area (Å²) in [5.74, 6) is -0.328. The van der Waals surface area contributed by atoms with Gasteiger partial charge < -0.3 is 5.32 Å². The van der Waals surface area contributed by atoms with Gasteiger partial charge in [0.15, 0.2) is 0 Å². The van der Waals surface area contributed by atoms with E-state index in [1.165, 1.54) is 6.07 Å². The summed E-state index contributed by atoms with van der Waals surface area (Å²) in [7, 11) is 0. The predicted octanol–water partition coefficient (Wildman–Crippen LogP) is 5.25. The number of pyridine rings is 1. The Bertz CT molecular complexity index is 710. The van der Waals surface area contributed by atoms with Crippen LogP contribution in [0.15, 0.2) is 46.0 Å². The third-order valence-corrected chi connectivity index (χ3v) is 4.37. The molecular formula is C14H9BrClF3N2OS. The van der Waals surface area contributed by atoms with Gasteiger partial charge in [0.1, 0.15) is 0 Å². The molecule has 0 spiro atoms. The van der Waals surface area contributed by atoms with E-state index in [2.05, 4.69) is 26.2 Å². The highest BCUT2D eigenvalue weighted by atomic mass is 79.9. The van der Waals surface area contributed by atoms with Crippen molar-refractivity contribution in [3.63, 3.8) is 0 Å². The van der Waals surface area contributed by atoms with E-state index in [4.69, 9.17) is 11.6 Å². The molecule has 0 bridgehead atoms. The first kappa shape index (κ1) is 18.1. The van der Waals surface area contributed by atoms with Crippen molar-refractivity contribution >= 4 is 50.9 Å². The van der Waals surface area contributed by atoms with Crippen molar-refractivity contribution in [3.05, 3.63) is 51.6 Å². The van der Waals surface area contributed by atoms with Gasteiger partial charge in [-0.05, 0) is 30.3 Å². The molecule has 2 aromatic rings. The minimum absolute atomic E-state index is 0.00472. The summed E-state index contributed by atoms with van der Waals surface area (Å²) in [4.78, 5) is 15.5. The Balaban J connectivity index is 1.91. The van der Waals surface area contributed by atoms with Gasteiger partial charge in [0, 0.05) is 10.7 Å². The van der Waals surface area contributed by atoms with E-state index in [-0.39, 0.29) is 11.7 Å². The average Bonchev–Trinajstić information content (AvgIpc) is 2.47. The van der Waals surface area contributed by atoms with Gasteiger partial charge in [0.2, 0.25) is 5.91 Å². The number of hydrogen-bond acceptors (Lipinski definition) is 3. The van der Waals surface area contributed by atoms with Gasteiger partial charge in [0.25, 0.3) is 0 Å². The predicted molar refractivity (Wildman–Crippen MR) is 87.7 cm³/mol. The number of hydrogen-bond donors (Lipinski definition) is 1. The van der Waals surface area contributed by atoms with Crippen LogP contribution in [-0.4, -0.2) is 16.6 Å². The minimum Gasteiger partial charge on any atom is -0.324 e. The summed E-state index contributed by atoms with van der Waals surface area (Å²) in [5.41, 5.74) is -0.367. The molecule has 1 heterocycles. The van der Waals surface area contributed by atoms with E-state index in [9.17, 15) is 18.0 Å². The quantitative estimate of drug-likeness (QED) is 0.681. The van der Waals surface area contributed by atoms with Crippen LogP contribution in [0.5, 0.6) is 0 Å². The maximum absolute atomic E-state index is 12.4. The number of aromatic nitrogens is 1. The summed E-state index contributed by atoms with van der Waals surface area (Å²) < 4.78 is 38.0. The Morgan fingerprint density at radius 1 is 1.30 bits per heavy atom. The van der Waals surface area contributed by atoms with E-state index < -0.39 is 11.7 Å². The molecule has 3 nitrogen and oxygen atoms in total. The van der Waals surface area contributed by atoms with E-state index in [0.717, 1.165) is 28.5 Å². The second-order valence-corrected chi connectivity index (χ2v) is 6.66. The van der Waals surface area contributed by atoms with Crippen LogP contribution in [0.25, 0.3) is 0 Å². The number of thioether (sulfide) groups is 1. The van der Waals surface area contributed by atoms with Crippen molar-refractivity contribution in [2.75, 3.05) is 11.1 Å². The fourth-order valence-electron chi connectivity index (χ4n) is 1.55. The number of alkyl halides is 3. The van der Waals surface area contributed by atoms with E-state index in [0.29, 0.717) is 15.7 Å². The summed E-state index contributed by atoms with van der Waals surface area (Å²) in [6, 6.07) is 7.17. The molecule has 0 saturated carbocycles. The van der Waals surface area contributed by atoms with Crippen LogP contribution in [0.2, 0.25) is 5.02 Å². The number of carbonyl (C=O) groups is 1. The number of carbonyl (C=O) groups excluding carboxylic acids is 1. The SMILES string of the molecule is O=C(CSc1ccc(C(F)(F)F)cn1)Nc1ccc(Br)cc1Cl. The topological polar surface area (TPSA) is 42.0 Å². The zero-order valence-corrected chi connectivity index (χ0v) is 14.5. The highest BCUT2D eigenvalue weighted by molar-refractivity contribution is 9.10. The Kier molecular flexibility index (Phi) is 5.94. The minimum atomic E-state index is -4.42. The first-order valence-electron chi connectivity index (χ1n) is 6.16. The number of nitrogens with zero attached hydrogens (tertiary/aromatic N) is 1. The van der Waals surface area contributed by atoms with Gasteiger partial charge in [-0.2, -0.15) is 13.2 Å². The molecule has 0 aliphatic carbocycles. The standard InChI is InChI=1S/C14H9BrClF3N2OS/c15-9-2-3-11(10(16)5-9)21-12(22)7-23-13-4-1-8(6-20-13)14(17,18)19/h1-6H,7H2,(H,21,22). The van der Waals surface area contributed by atoms with Gasteiger partial charge >= 0.3 is 6.18 Å². The zero-order chi connectivity index (χ0) is 17.0. The van der Waals surface area contributed by atoms with Crippen LogP contribution in [0, 0.1) is 0 Å². The number of amides is 1. The Labute approximate surface area is 147 Å². The first-order valence-corrected chi connectivity index (χ1v) is 8.32. The Morgan fingerprint density at radius 3 is 2.61 bits per heavy atom. The lowest BCUT2D eigenvalue weighted by atomic mass is 10.3. The van der Waals surface area contributed by atoms with Crippen molar-refractivity contribution < 1.29 is 18.0 Å². The van der Waals surface area contributed by atoms with E-state index in [1.54, 1.807) is 18.2 Å². The van der Waals surface area contributed by atoms with Crippen LogP contribution in [-0.2, 0) is 11.0 Å². The van der Waals surface area contributed by atoms with Gasteiger partial charge in [-0.1, -0.05) is 39.3 Å². The third-order valence-electron chi connectivity index (χ3n) is 2.62. The molecule has 1 aromatic heterocycles. The van der Waals surface area contributed by atoms with E-state index >= 15 is 0 Å². The highest BCUT2D eigenvalue weighted by Gasteiger charge is 2.30. The number of nitrogens with one attached hydrogen (secondary N) is 1. The summed E-state index contributed by atoms with van der Waals surface area (Å²) in [6.45, 7) is 0. The summed E-state index contributed by atoms with van der Waals surface area (Å²) in [6.07, 6.45) is -3.68. The largest absolute Gasteiger partial charge is 0.417 e. The molecule has 2 rings (SSSR count). The maximum Gasteiger partial charge on any atom is 0.417 e. The van der Waals surface area contributed by atoms with Crippen LogP contribution >= 0.6 is 39.3 Å². The lowest BCUT2D eigenvalue weighted by molar-refractivity contribution is -0.137. The molecule has 1 amide bonds. The van der Waals surface area contributed by atoms with Gasteiger partial charge in [0.05, 0.1) is 27.1 Å². The van der Waals surface area contributed by atoms with Crippen LogP contribution in [0.3, 0.4) is 0 Å². The number of benzene rings is 1. The molecule has 0 atom stereocenters. The van der Waals surface area contributed by atoms with Gasteiger partial charge in [-0.3, -0.25) is 4.79 Å². The van der Waals surface area contributed by atoms with Crippen LogP contribution in [0.1, 0.15) is 5.56 Å². The Morgan fingerprint density at radius 2 is 2.04 bits per heavy atom. The smallest absolute Gasteiger partial charge is 0.324 e. The molecule has 1 aromatic carbocycles. The lowest BCUT2D eigenvalue weighted by Crippen LogP contribution is -2.14. The van der Waals surface area contributed by atoms with Gasteiger partial charge in [-0.25, -0.2) is 4.98 Å². The molecule has 0 radical (unpaired) electrons. The van der Waals surface area contributed by atoms with Crippen molar-refractivity contribution in [2.45, 2.75) is 11.2 Å².